The van der Waals surface area contributed by atoms with Gasteiger partial charge in [0, 0.05) is 7.11 Å². The highest BCUT2D eigenvalue weighted by Crippen LogP contribution is 1.58. The minimum atomic E-state index is 0.886. The average Bonchev–Trinajstić information content (AvgIpc) is 2.10. The summed E-state index contributed by atoms with van der Waals surface area (Å²) in [5.74, 6) is 0. The molecule has 0 heterocycles. The van der Waals surface area contributed by atoms with Crippen molar-refractivity contribution in [3.05, 3.63) is 0 Å². The molecule has 0 amide bonds. The molecule has 0 aromatic heterocycles. The molecule has 0 aromatic carbocycles. The van der Waals surface area contributed by atoms with Crippen LogP contribution in [0.25, 0.3) is 0 Å². The van der Waals surface area contributed by atoms with Crippen LogP contribution in [-0.2, 0) is 4.74 Å². The number of likely N-dealkylation sites (N-methyl/N-ethyl adjacent to an activating group) is 1. The number of quaternary nitrogens is 1. The summed E-state index contributed by atoms with van der Waals surface area (Å²) < 4.78 is 4.96. The smallest absolute Gasteiger partial charge is 0.101 e. The van der Waals surface area contributed by atoms with E-state index in [1.165, 1.54) is 13.1 Å². The van der Waals surface area contributed by atoms with Crippen molar-refractivity contribution in [2.45, 2.75) is 27.7 Å². The molecule has 0 aromatic rings. The molecule has 0 fully saturated rings. The topological polar surface area (TPSA) is 13.7 Å². The molecule has 0 aliphatic heterocycles. The van der Waals surface area contributed by atoms with E-state index in [-0.39, 0.29) is 0 Å². The van der Waals surface area contributed by atoms with Crippen LogP contribution in [0.15, 0.2) is 0 Å². The zero-order valence-corrected chi connectivity index (χ0v) is 8.74. The van der Waals surface area contributed by atoms with Crippen LogP contribution in [0.4, 0.5) is 0 Å². The molecular weight excluding hydrogens is 138 g/mol. The van der Waals surface area contributed by atoms with Crippen LogP contribution >= 0.6 is 0 Å². The first-order valence-electron chi connectivity index (χ1n) is 4.67. The van der Waals surface area contributed by atoms with Crippen molar-refractivity contribution in [2.75, 3.05) is 33.4 Å². The van der Waals surface area contributed by atoms with Gasteiger partial charge in [0.1, 0.15) is 6.54 Å². The van der Waals surface area contributed by atoms with E-state index in [1.54, 1.807) is 12.0 Å². The van der Waals surface area contributed by atoms with Crippen LogP contribution in [0.1, 0.15) is 27.7 Å². The molecule has 0 atom stereocenters. The maximum Gasteiger partial charge on any atom is 0.101 e. The Bertz CT molecular complexity index is 53.5. The second-order valence-corrected chi connectivity index (χ2v) is 2.20. The van der Waals surface area contributed by atoms with Crippen LogP contribution in [0.5, 0.6) is 0 Å². The molecule has 2 nitrogen and oxygen atoms in total. The summed E-state index contributed by atoms with van der Waals surface area (Å²) in [6.45, 7) is 12.9. The first-order valence-corrected chi connectivity index (χ1v) is 4.67. The highest BCUT2D eigenvalue weighted by atomic mass is 16.5. The lowest BCUT2D eigenvalue weighted by atomic mass is 10.5. The SMILES string of the molecule is CC.CC[NH+](CC)CCOC. The lowest BCUT2D eigenvalue weighted by Crippen LogP contribution is -3.11. The van der Waals surface area contributed by atoms with Crippen molar-refractivity contribution < 1.29 is 9.64 Å². The fourth-order valence-electron chi connectivity index (χ4n) is 0.850. The molecule has 0 saturated carbocycles. The van der Waals surface area contributed by atoms with Crippen LogP contribution in [-0.4, -0.2) is 33.4 Å². The zero-order chi connectivity index (χ0) is 9.11. The van der Waals surface area contributed by atoms with Gasteiger partial charge in [-0.15, -0.1) is 0 Å². The van der Waals surface area contributed by atoms with Crippen molar-refractivity contribution in [3.8, 4) is 0 Å². The van der Waals surface area contributed by atoms with Crippen LogP contribution < -0.4 is 4.90 Å². The highest BCUT2D eigenvalue weighted by molar-refractivity contribution is 4.22. The first-order chi connectivity index (χ1) is 5.35. The molecule has 0 aliphatic carbocycles. The lowest BCUT2D eigenvalue weighted by molar-refractivity contribution is -0.896. The fourth-order valence-corrected chi connectivity index (χ4v) is 0.850. The van der Waals surface area contributed by atoms with Crippen LogP contribution in [0.2, 0.25) is 0 Å². The molecule has 2 heteroatoms. The quantitative estimate of drug-likeness (QED) is 0.624. The molecule has 0 radical (unpaired) electrons. The molecule has 70 valence electrons. The van der Waals surface area contributed by atoms with Crippen molar-refractivity contribution in [3.63, 3.8) is 0 Å². The van der Waals surface area contributed by atoms with E-state index in [1.807, 2.05) is 13.8 Å². The van der Waals surface area contributed by atoms with E-state index in [9.17, 15) is 0 Å². The second kappa shape index (κ2) is 12.6. The fraction of sp³-hybridized carbons (Fsp3) is 1.00. The zero-order valence-electron chi connectivity index (χ0n) is 8.74. The Kier molecular flexibility index (Phi) is 15.4. The average molecular weight is 162 g/mol. The van der Waals surface area contributed by atoms with Gasteiger partial charge in [0.15, 0.2) is 0 Å². The summed E-state index contributed by atoms with van der Waals surface area (Å²) in [4.78, 5) is 1.61. The standard InChI is InChI=1S/C7H17NO.C2H6/c1-4-8(5-2)6-7-9-3;1-2/h4-7H2,1-3H3;1-2H3/p+1. The molecule has 0 saturated heterocycles. The van der Waals surface area contributed by atoms with E-state index in [0.29, 0.717) is 0 Å². The van der Waals surface area contributed by atoms with Crippen molar-refractivity contribution in [1.29, 1.82) is 0 Å². The van der Waals surface area contributed by atoms with Gasteiger partial charge in [-0.3, -0.25) is 0 Å². The van der Waals surface area contributed by atoms with E-state index in [4.69, 9.17) is 4.74 Å². The predicted molar refractivity (Wildman–Crippen MR) is 50.1 cm³/mol. The van der Waals surface area contributed by atoms with Gasteiger partial charge in [0.2, 0.25) is 0 Å². The minimum Gasteiger partial charge on any atom is -0.379 e. The van der Waals surface area contributed by atoms with Crippen LogP contribution in [0.3, 0.4) is 0 Å². The van der Waals surface area contributed by atoms with Crippen molar-refractivity contribution >= 4 is 0 Å². The largest absolute Gasteiger partial charge is 0.379 e. The van der Waals surface area contributed by atoms with E-state index in [2.05, 4.69) is 13.8 Å². The Morgan fingerprint density at radius 3 is 1.82 bits per heavy atom. The molecule has 0 spiro atoms. The maximum absolute atomic E-state index is 4.96. The van der Waals surface area contributed by atoms with Gasteiger partial charge in [0.25, 0.3) is 0 Å². The van der Waals surface area contributed by atoms with E-state index < -0.39 is 0 Å². The summed E-state index contributed by atoms with van der Waals surface area (Å²) in [5, 5.41) is 0. The number of ether oxygens (including phenoxy) is 1. The molecule has 0 unspecified atom stereocenters. The molecule has 0 bridgehead atoms. The van der Waals surface area contributed by atoms with Crippen molar-refractivity contribution in [2.24, 2.45) is 0 Å². The number of nitrogens with one attached hydrogen (secondary N) is 1. The Balaban J connectivity index is 0. The molecule has 11 heavy (non-hydrogen) atoms. The maximum atomic E-state index is 4.96. The van der Waals surface area contributed by atoms with Gasteiger partial charge in [-0.1, -0.05) is 13.8 Å². The van der Waals surface area contributed by atoms with E-state index in [0.717, 1.165) is 13.2 Å². The number of methoxy groups -OCH3 is 1. The molecule has 0 rings (SSSR count). The normalized spacial score (nSPS) is 9.27. The predicted octanol–water partition coefficient (Wildman–Crippen LogP) is 0.584. The third-order valence-corrected chi connectivity index (χ3v) is 1.66. The summed E-state index contributed by atoms with van der Waals surface area (Å²) >= 11 is 0. The second-order valence-electron chi connectivity index (χ2n) is 2.20. The van der Waals surface area contributed by atoms with Gasteiger partial charge >= 0.3 is 0 Å². The summed E-state index contributed by atoms with van der Waals surface area (Å²) in [6.07, 6.45) is 0. The Hall–Kier alpha value is -0.0800. The van der Waals surface area contributed by atoms with Crippen LogP contribution in [0, 0.1) is 0 Å². The summed E-state index contributed by atoms with van der Waals surface area (Å²) in [6, 6.07) is 0. The van der Waals surface area contributed by atoms with Gasteiger partial charge in [-0.05, 0) is 13.8 Å². The monoisotopic (exact) mass is 162 g/mol. The van der Waals surface area contributed by atoms with Gasteiger partial charge in [0.05, 0.1) is 19.7 Å². The Morgan fingerprint density at radius 2 is 1.55 bits per heavy atom. The molecular formula is C9H24NO+. The summed E-state index contributed by atoms with van der Waals surface area (Å²) in [5.41, 5.74) is 0. The molecule has 1 N–H and O–H groups in total. The lowest BCUT2D eigenvalue weighted by Gasteiger charge is -2.13. The third-order valence-electron chi connectivity index (χ3n) is 1.66. The molecule has 0 aliphatic rings. The van der Waals surface area contributed by atoms with Crippen molar-refractivity contribution in [1.82, 2.24) is 0 Å². The van der Waals surface area contributed by atoms with Gasteiger partial charge in [-0.25, -0.2) is 0 Å². The highest BCUT2D eigenvalue weighted by Gasteiger charge is 1.98. The minimum absolute atomic E-state index is 0.886. The van der Waals surface area contributed by atoms with Gasteiger partial charge < -0.3 is 9.64 Å². The third kappa shape index (κ3) is 9.92. The number of rotatable bonds is 5. The van der Waals surface area contributed by atoms with Gasteiger partial charge in [-0.2, -0.15) is 0 Å². The summed E-state index contributed by atoms with van der Waals surface area (Å²) in [7, 11) is 1.75. The van der Waals surface area contributed by atoms with E-state index >= 15 is 0 Å². The number of hydrogen-bond acceptors (Lipinski definition) is 1. The Morgan fingerprint density at radius 1 is 1.09 bits per heavy atom. The first kappa shape index (κ1) is 13.5. The number of hydrogen-bond donors (Lipinski definition) is 1. The Labute approximate surface area is 71.5 Å².